The molecule has 1 heterocycles. The van der Waals surface area contributed by atoms with Gasteiger partial charge in [0.15, 0.2) is 17.2 Å². The molecule has 0 fully saturated rings. The molecule has 0 radical (unpaired) electrons. The Labute approximate surface area is 215 Å². The van der Waals surface area contributed by atoms with Crippen molar-refractivity contribution in [3.05, 3.63) is 59.0 Å². The van der Waals surface area contributed by atoms with E-state index in [0.29, 0.717) is 11.4 Å². The van der Waals surface area contributed by atoms with Crippen LogP contribution in [-0.2, 0) is 15.4 Å². The number of nitrogens with zero attached hydrogens (tertiary/aromatic N) is 2. The minimum atomic E-state index is -3.61. The summed E-state index contributed by atoms with van der Waals surface area (Å²) in [7, 11) is -0.752. The third-order valence-electron chi connectivity index (χ3n) is 4.94. The molecule has 3 rings (SSSR count). The lowest BCUT2D eigenvalue weighted by Gasteiger charge is -2.24. The summed E-state index contributed by atoms with van der Waals surface area (Å²) in [5, 5.41) is 2.82. The van der Waals surface area contributed by atoms with Crippen LogP contribution in [0.25, 0.3) is 0 Å². The number of benzene rings is 2. The van der Waals surface area contributed by atoms with Gasteiger partial charge in [-0.15, -0.1) is 0 Å². The van der Waals surface area contributed by atoms with Gasteiger partial charge in [0.05, 0.1) is 31.9 Å². The summed E-state index contributed by atoms with van der Waals surface area (Å²) < 4.78 is 42.9. The molecule has 0 saturated heterocycles. The van der Waals surface area contributed by atoms with Crippen molar-refractivity contribution in [2.75, 3.05) is 30.5 Å². The average molecular weight is 535 g/mol. The van der Waals surface area contributed by atoms with Gasteiger partial charge in [-0.3, -0.25) is 9.52 Å². The molecule has 10 nitrogen and oxygen atoms in total. The van der Waals surface area contributed by atoms with Gasteiger partial charge < -0.3 is 19.5 Å². The van der Waals surface area contributed by atoms with E-state index in [-0.39, 0.29) is 39.3 Å². The lowest BCUT2D eigenvalue weighted by Crippen LogP contribution is -2.18. The maximum absolute atomic E-state index is 13.2. The largest absolute Gasteiger partial charge is 0.493 e. The van der Waals surface area contributed by atoms with Gasteiger partial charge in [0.1, 0.15) is 0 Å². The Hall–Kier alpha value is -3.57. The fraction of sp³-hybridized carbons (Fsp3) is 0.292. The first-order chi connectivity index (χ1) is 16.8. The van der Waals surface area contributed by atoms with Crippen LogP contribution in [0.5, 0.6) is 23.1 Å². The molecule has 0 aliphatic carbocycles. The van der Waals surface area contributed by atoms with Gasteiger partial charge in [-0.1, -0.05) is 20.8 Å². The van der Waals surface area contributed by atoms with Crippen LogP contribution in [-0.4, -0.2) is 44.8 Å². The van der Waals surface area contributed by atoms with Gasteiger partial charge in [0.25, 0.3) is 5.91 Å². The summed E-state index contributed by atoms with van der Waals surface area (Å²) in [5.41, 5.74) is 1.18. The predicted octanol–water partition coefficient (Wildman–Crippen LogP) is 4.86. The monoisotopic (exact) mass is 534 g/mol. The average Bonchev–Trinajstić information content (AvgIpc) is 2.77. The van der Waals surface area contributed by atoms with E-state index in [2.05, 4.69) is 20.0 Å². The van der Waals surface area contributed by atoms with Crippen LogP contribution in [0, 0.1) is 0 Å². The Bertz CT molecular complexity index is 1390. The Balaban J connectivity index is 2.01. The number of nitrogens with one attached hydrogen (secondary N) is 2. The number of amides is 1. The van der Waals surface area contributed by atoms with Crippen molar-refractivity contribution < 1.29 is 27.4 Å². The van der Waals surface area contributed by atoms with Crippen molar-refractivity contribution in [2.24, 2.45) is 0 Å². The van der Waals surface area contributed by atoms with Gasteiger partial charge >= 0.3 is 0 Å². The van der Waals surface area contributed by atoms with Crippen LogP contribution in [0.4, 0.5) is 11.4 Å². The van der Waals surface area contributed by atoms with Gasteiger partial charge in [0, 0.05) is 17.8 Å². The molecule has 0 bridgehead atoms. The van der Waals surface area contributed by atoms with Crippen molar-refractivity contribution in [1.82, 2.24) is 9.97 Å². The minimum Gasteiger partial charge on any atom is -0.493 e. The molecule has 0 spiro atoms. The number of aromatic nitrogens is 2. The maximum Gasteiger partial charge on any atom is 0.255 e. The molecule has 0 aliphatic rings. The highest BCUT2D eigenvalue weighted by Gasteiger charge is 2.23. The van der Waals surface area contributed by atoms with Crippen LogP contribution in [0.2, 0.25) is 5.28 Å². The van der Waals surface area contributed by atoms with E-state index in [9.17, 15) is 13.2 Å². The fourth-order valence-electron chi connectivity index (χ4n) is 3.23. The number of anilines is 2. The van der Waals surface area contributed by atoms with Crippen molar-refractivity contribution >= 4 is 38.9 Å². The number of hydrogen-bond donors (Lipinski definition) is 2. The summed E-state index contributed by atoms with van der Waals surface area (Å²) in [6.45, 7) is 5.91. The first kappa shape index (κ1) is 27.0. The van der Waals surface area contributed by atoms with E-state index in [1.165, 1.54) is 32.5 Å². The normalized spacial score (nSPS) is 11.5. The molecular weight excluding hydrogens is 508 g/mol. The van der Waals surface area contributed by atoms with Crippen molar-refractivity contribution in [2.45, 2.75) is 26.2 Å². The van der Waals surface area contributed by atoms with E-state index >= 15 is 0 Å². The molecule has 0 aliphatic heterocycles. The van der Waals surface area contributed by atoms with E-state index in [4.69, 9.17) is 25.8 Å². The number of carbonyl (C=O) groups is 1. The number of sulfonamides is 1. The third kappa shape index (κ3) is 6.76. The fourth-order valence-corrected chi connectivity index (χ4v) is 3.92. The standard InChI is InChI=1S/C24H27ClN4O6S/c1-24(2,3)15-12-16(21(34-5)17(13-15)29-36(6,31)32)27-22(30)14-7-8-18(33-4)19(11-14)35-20-9-10-26-23(25)28-20/h7-13,29H,1-6H3,(H,27,30). The number of hydrogen-bond acceptors (Lipinski definition) is 8. The summed E-state index contributed by atoms with van der Waals surface area (Å²) in [5.74, 6) is 0.449. The molecular formula is C24H27ClN4O6S. The van der Waals surface area contributed by atoms with E-state index < -0.39 is 15.9 Å². The minimum absolute atomic E-state index is 0.00435. The van der Waals surface area contributed by atoms with E-state index in [0.717, 1.165) is 11.8 Å². The highest BCUT2D eigenvalue weighted by Crippen LogP contribution is 2.39. The molecule has 0 saturated carbocycles. The van der Waals surface area contributed by atoms with E-state index in [1.54, 1.807) is 24.3 Å². The highest BCUT2D eigenvalue weighted by atomic mass is 35.5. The molecule has 36 heavy (non-hydrogen) atoms. The second-order valence-corrected chi connectivity index (χ2v) is 10.9. The Morgan fingerprint density at radius 1 is 1.00 bits per heavy atom. The zero-order valence-corrected chi connectivity index (χ0v) is 22.2. The van der Waals surface area contributed by atoms with Crippen molar-refractivity contribution in [3.63, 3.8) is 0 Å². The molecule has 12 heteroatoms. The van der Waals surface area contributed by atoms with Gasteiger partial charge in [-0.2, -0.15) is 4.98 Å². The molecule has 0 atom stereocenters. The van der Waals surface area contributed by atoms with Gasteiger partial charge in [-0.25, -0.2) is 13.4 Å². The predicted molar refractivity (Wildman–Crippen MR) is 138 cm³/mol. The van der Waals surface area contributed by atoms with Crippen LogP contribution in [0.15, 0.2) is 42.6 Å². The Morgan fingerprint density at radius 2 is 1.69 bits per heavy atom. The molecule has 3 aromatic rings. The lowest BCUT2D eigenvalue weighted by molar-refractivity contribution is 0.102. The number of methoxy groups -OCH3 is 2. The Kier molecular flexibility index (Phi) is 7.95. The summed E-state index contributed by atoms with van der Waals surface area (Å²) in [6.07, 6.45) is 2.47. The summed E-state index contributed by atoms with van der Waals surface area (Å²) in [6, 6.07) is 9.56. The molecule has 192 valence electrons. The molecule has 0 unspecified atom stereocenters. The van der Waals surface area contributed by atoms with Crippen LogP contribution in [0.3, 0.4) is 0 Å². The summed E-state index contributed by atoms with van der Waals surface area (Å²) >= 11 is 5.83. The molecule has 1 aromatic heterocycles. The number of rotatable bonds is 8. The lowest BCUT2D eigenvalue weighted by atomic mass is 9.86. The quantitative estimate of drug-likeness (QED) is 0.392. The van der Waals surface area contributed by atoms with Gasteiger partial charge in [0.2, 0.25) is 21.2 Å². The zero-order valence-electron chi connectivity index (χ0n) is 20.7. The molecule has 2 N–H and O–H groups in total. The summed E-state index contributed by atoms with van der Waals surface area (Å²) in [4.78, 5) is 21.0. The first-order valence-electron chi connectivity index (χ1n) is 10.7. The molecule has 2 aromatic carbocycles. The maximum atomic E-state index is 13.2. The SMILES string of the molecule is COc1ccc(C(=O)Nc2cc(C(C)(C)C)cc(NS(C)(=O)=O)c2OC)cc1Oc1ccnc(Cl)n1. The van der Waals surface area contributed by atoms with Crippen molar-refractivity contribution in [1.29, 1.82) is 0 Å². The number of carbonyl (C=O) groups excluding carboxylic acids is 1. The van der Waals surface area contributed by atoms with Crippen LogP contribution >= 0.6 is 11.6 Å². The second kappa shape index (κ2) is 10.6. The van der Waals surface area contributed by atoms with E-state index in [1.807, 2.05) is 20.8 Å². The highest BCUT2D eigenvalue weighted by molar-refractivity contribution is 7.92. The smallest absolute Gasteiger partial charge is 0.255 e. The topological polar surface area (TPSA) is 129 Å². The second-order valence-electron chi connectivity index (χ2n) is 8.81. The van der Waals surface area contributed by atoms with Crippen LogP contribution in [0.1, 0.15) is 36.7 Å². The number of ether oxygens (including phenoxy) is 3. The van der Waals surface area contributed by atoms with Crippen LogP contribution < -0.4 is 24.2 Å². The van der Waals surface area contributed by atoms with Crippen molar-refractivity contribution in [3.8, 4) is 23.1 Å². The third-order valence-corrected chi connectivity index (χ3v) is 5.72. The van der Waals surface area contributed by atoms with Gasteiger partial charge in [-0.05, 0) is 52.9 Å². The first-order valence-corrected chi connectivity index (χ1v) is 12.9. The zero-order chi connectivity index (χ0) is 26.7. The Morgan fingerprint density at radius 3 is 2.28 bits per heavy atom. The molecule has 1 amide bonds. The number of halogens is 1.